The summed E-state index contributed by atoms with van der Waals surface area (Å²) in [6.07, 6.45) is 1.67. The first-order chi connectivity index (χ1) is 3.95. The Balaban J connectivity index is -0.000000107. The molecule has 0 heterocycles. The van der Waals surface area contributed by atoms with Gasteiger partial charge in [0.1, 0.15) is 0 Å². The van der Waals surface area contributed by atoms with Gasteiger partial charge in [-0.1, -0.05) is 27.7 Å². The Hall–Kier alpha value is 0.726. The summed E-state index contributed by atoms with van der Waals surface area (Å²) in [6.45, 7) is 8.44. The van der Waals surface area contributed by atoms with Gasteiger partial charge < -0.3 is 7.96 Å². The predicted octanol–water partition coefficient (Wildman–Crippen LogP) is 2.04. The monoisotopic (exact) mass is 156 g/mol. The SMILES string of the molecule is CCC(O)CC(C)(C)C.[H-].[H-].[Mg+2]. The molecule has 0 aliphatic heterocycles. The second-order valence-corrected chi connectivity index (χ2v) is 3.83. The number of rotatable bonds is 2. The van der Waals surface area contributed by atoms with Gasteiger partial charge in [-0.25, -0.2) is 0 Å². The van der Waals surface area contributed by atoms with Crippen LogP contribution in [0.1, 0.15) is 43.4 Å². The van der Waals surface area contributed by atoms with E-state index in [0.29, 0.717) is 0 Å². The van der Waals surface area contributed by atoms with Crippen molar-refractivity contribution in [1.29, 1.82) is 0 Å². The Morgan fingerprint density at radius 1 is 1.40 bits per heavy atom. The molecule has 10 heavy (non-hydrogen) atoms. The normalized spacial score (nSPS) is 14.1. The molecule has 0 rings (SSSR count). The van der Waals surface area contributed by atoms with E-state index >= 15 is 0 Å². The molecule has 0 aromatic rings. The standard InChI is InChI=1S/C8H18O.Mg.2H/c1-5-7(9)6-8(2,3)4;;;/h7,9H,5-6H2,1-4H3;;;/q;+2;2*-1. The van der Waals surface area contributed by atoms with Crippen LogP contribution in [0.4, 0.5) is 0 Å². The Bertz CT molecular complexity index is 83.6. The van der Waals surface area contributed by atoms with E-state index in [9.17, 15) is 5.11 Å². The van der Waals surface area contributed by atoms with Gasteiger partial charge in [-0.05, 0) is 18.3 Å². The third-order valence-electron chi connectivity index (χ3n) is 1.32. The summed E-state index contributed by atoms with van der Waals surface area (Å²) in [5, 5.41) is 9.19. The average molecular weight is 157 g/mol. The third kappa shape index (κ3) is 8.73. The van der Waals surface area contributed by atoms with Gasteiger partial charge in [0.15, 0.2) is 0 Å². The minimum Gasteiger partial charge on any atom is -1.00 e. The van der Waals surface area contributed by atoms with Crippen molar-refractivity contribution in [2.75, 3.05) is 0 Å². The Morgan fingerprint density at radius 2 is 1.80 bits per heavy atom. The van der Waals surface area contributed by atoms with Crippen LogP contribution in [0.25, 0.3) is 0 Å². The molecule has 0 fully saturated rings. The van der Waals surface area contributed by atoms with E-state index in [-0.39, 0.29) is 37.4 Å². The summed E-state index contributed by atoms with van der Waals surface area (Å²) in [4.78, 5) is 0. The van der Waals surface area contributed by atoms with Crippen LogP contribution in [0.5, 0.6) is 0 Å². The molecule has 0 aliphatic rings. The van der Waals surface area contributed by atoms with E-state index in [1.54, 1.807) is 0 Å². The molecule has 2 heteroatoms. The van der Waals surface area contributed by atoms with E-state index in [1.165, 1.54) is 0 Å². The van der Waals surface area contributed by atoms with Crippen molar-refractivity contribution >= 4 is 23.1 Å². The average Bonchev–Trinajstić information content (AvgIpc) is 1.62. The second kappa shape index (κ2) is 5.39. The fraction of sp³-hybridized carbons (Fsp3) is 1.00. The van der Waals surface area contributed by atoms with Crippen molar-refractivity contribution in [3.8, 4) is 0 Å². The summed E-state index contributed by atoms with van der Waals surface area (Å²) in [5.41, 5.74) is 0.273. The quantitative estimate of drug-likeness (QED) is 0.607. The van der Waals surface area contributed by atoms with Crippen LogP contribution >= 0.6 is 0 Å². The first-order valence-corrected chi connectivity index (χ1v) is 3.64. The maximum atomic E-state index is 9.19. The van der Waals surface area contributed by atoms with Crippen molar-refractivity contribution in [2.45, 2.75) is 46.6 Å². The molecular weight excluding hydrogens is 136 g/mol. The van der Waals surface area contributed by atoms with Crippen molar-refractivity contribution in [1.82, 2.24) is 0 Å². The molecule has 60 valence electrons. The first-order valence-electron chi connectivity index (χ1n) is 3.64. The zero-order valence-electron chi connectivity index (χ0n) is 9.65. The zero-order chi connectivity index (χ0) is 7.49. The number of aliphatic hydroxyl groups is 1. The third-order valence-corrected chi connectivity index (χ3v) is 1.32. The van der Waals surface area contributed by atoms with Crippen LogP contribution in [0.2, 0.25) is 0 Å². The molecule has 1 atom stereocenters. The number of aliphatic hydroxyl groups excluding tert-OH is 1. The van der Waals surface area contributed by atoms with Gasteiger partial charge in [-0.15, -0.1) is 0 Å². The fourth-order valence-electron chi connectivity index (χ4n) is 0.851. The summed E-state index contributed by atoms with van der Waals surface area (Å²) < 4.78 is 0. The zero-order valence-corrected chi connectivity index (χ0v) is 9.06. The maximum Gasteiger partial charge on any atom is 2.00 e. The van der Waals surface area contributed by atoms with Crippen LogP contribution in [0.15, 0.2) is 0 Å². The second-order valence-electron chi connectivity index (χ2n) is 3.83. The molecule has 0 saturated carbocycles. The summed E-state index contributed by atoms with van der Waals surface area (Å²) >= 11 is 0. The smallest absolute Gasteiger partial charge is 1.00 e. The van der Waals surface area contributed by atoms with Gasteiger partial charge in [0.05, 0.1) is 6.10 Å². The van der Waals surface area contributed by atoms with Crippen LogP contribution in [-0.2, 0) is 0 Å². The van der Waals surface area contributed by atoms with Crippen molar-refractivity contribution in [3.05, 3.63) is 0 Å². The summed E-state index contributed by atoms with van der Waals surface area (Å²) in [6, 6.07) is 0. The minimum atomic E-state index is -0.106. The predicted molar refractivity (Wildman–Crippen MR) is 48.3 cm³/mol. The van der Waals surface area contributed by atoms with Gasteiger partial charge in [0.25, 0.3) is 0 Å². The molecule has 0 aromatic carbocycles. The van der Waals surface area contributed by atoms with E-state index < -0.39 is 0 Å². The maximum absolute atomic E-state index is 9.19. The molecule has 1 nitrogen and oxygen atoms in total. The van der Waals surface area contributed by atoms with Crippen molar-refractivity contribution in [3.63, 3.8) is 0 Å². The van der Waals surface area contributed by atoms with E-state index in [1.807, 2.05) is 6.92 Å². The van der Waals surface area contributed by atoms with Gasteiger partial charge in [-0.3, -0.25) is 0 Å². The topological polar surface area (TPSA) is 20.2 Å². The van der Waals surface area contributed by atoms with Crippen LogP contribution in [-0.4, -0.2) is 34.3 Å². The van der Waals surface area contributed by atoms with Crippen LogP contribution in [0.3, 0.4) is 0 Å². The molecule has 0 spiro atoms. The number of hydrogen-bond acceptors (Lipinski definition) is 1. The van der Waals surface area contributed by atoms with Crippen molar-refractivity contribution in [2.24, 2.45) is 5.41 Å². The molecule has 1 N–H and O–H groups in total. The Morgan fingerprint density at radius 3 is 1.90 bits per heavy atom. The van der Waals surface area contributed by atoms with Gasteiger partial charge in [0, 0.05) is 0 Å². The van der Waals surface area contributed by atoms with Gasteiger partial charge in [-0.2, -0.15) is 0 Å². The molecule has 0 radical (unpaired) electrons. The van der Waals surface area contributed by atoms with Crippen LogP contribution < -0.4 is 0 Å². The van der Waals surface area contributed by atoms with Gasteiger partial charge in [0.2, 0.25) is 0 Å². The Labute approximate surface area is 83.3 Å². The van der Waals surface area contributed by atoms with Crippen LogP contribution in [0, 0.1) is 5.41 Å². The molecule has 0 aromatic heterocycles. The first kappa shape index (κ1) is 13.3. The van der Waals surface area contributed by atoms with Crippen molar-refractivity contribution < 1.29 is 7.96 Å². The van der Waals surface area contributed by atoms with Gasteiger partial charge >= 0.3 is 23.1 Å². The summed E-state index contributed by atoms with van der Waals surface area (Å²) in [7, 11) is 0. The molecule has 0 bridgehead atoms. The molecule has 0 aliphatic carbocycles. The Kier molecular flexibility index (Phi) is 7.18. The van der Waals surface area contributed by atoms with E-state index in [0.717, 1.165) is 12.8 Å². The number of hydrogen-bond donors (Lipinski definition) is 1. The molecule has 0 amide bonds. The molecule has 0 saturated heterocycles. The minimum absolute atomic E-state index is 0. The molecular formula is C8H20MgO. The van der Waals surface area contributed by atoms with E-state index in [2.05, 4.69) is 20.8 Å². The summed E-state index contributed by atoms with van der Waals surface area (Å²) in [5.74, 6) is 0. The van der Waals surface area contributed by atoms with E-state index in [4.69, 9.17) is 0 Å². The molecule has 1 unspecified atom stereocenters. The largest absolute Gasteiger partial charge is 2.00 e. The fourth-order valence-corrected chi connectivity index (χ4v) is 0.851.